The van der Waals surface area contributed by atoms with E-state index in [1.54, 1.807) is 51.4 Å². The van der Waals surface area contributed by atoms with Gasteiger partial charge in [-0.2, -0.15) is 0 Å². The molecule has 0 saturated heterocycles. The van der Waals surface area contributed by atoms with Crippen molar-refractivity contribution >= 4 is 15.2 Å². The van der Waals surface area contributed by atoms with Crippen LogP contribution in [-0.2, 0) is 0 Å². The second-order valence-corrected chi connectivity index (χ2v) is 22.5. The molecule has 0 bridgehead atoms. The largest absolute Gasteiger partial charge is 0.0707 e. The van der Waals surface area contributed by atoms with E-state index < -0.39 is 15.2 Å². The van der Waals surface area contributed by atoms with Crippen molar-refractivity contribution in [2.24, 2.45) is 0 Å². The molecule has 0 aromatic heterocycles. The Morgan fingerprint density at radius 1 is 0.500 bits per heavy atom. The first-order chi connectivity index (χ1) is 7.67. The third-order valence-corrected chi connectivity index (χ3v) is 30.1. The zero-order valence-corrected chi connectivity index (χ0v) is 13.0. The number of rotatable bonds is 5. The monoisotopic (exact) mass is 250 g/mol. The fraction of sp³-hybridized carbons (Fsp3) is 1.00. The molecule has 0 amide bonds. The van der Waals surface area contributed by atoms with Crippen LogP contribution in [0, 0.1) is 0 Å². The van der Waals surface area contributed by atoms with E-state index >= 15 is 0 Å². The highest BCUT2D eigenvalue weighted by Crippen LogP contribution is 2.71. The van der Waals surface area contributed by atoms with Crippen LogP contribution in [0.15, 0.2) is 0 Å². The highest BCUT2D eigenvalue weighted by Gasteiger charge is 2.69. The first-order valence-corrected chi connectivity index (χ1v) is 14.0. The minimum Gasteiger partial charge on any atom is -0.0707 e. The smallest absolute Gasteiger partial charge is 0.0512 e. The Morgan fingerprint density at radius 3 is 0.812 bits per heavy atom. The molecule has 0 aromatic rings. The zero-order chi connectivity index (χ0) is 11.0. The maximum Gasteiger partial charge on any atom is 0.0512 e. The maximum atomic E-state index is 2.91. The predicted molar refractivity (Wildman–Crippen MR) is 75.2 cm³/mol. The average Bonchev–Trinajstić information content (AvgIpc) is 3.12. The van der Waals surface area contributed by atoms with E-state index in [2.05, 4.69) is 13.1 Å². The van der Waals surface area contributed by atoms with Gasteiger partial charge < -0.3 is 0 Å². The van der Waals surface area contributed by atoms with Crippen LogP contribution in [-0.4, -0.2) is 15.2 Å². The van der Waals surface area contributed by atoms with Gasteiger partial charge in [0, 0.05) is 0 Å². The van der Waals surface area contributed by atoms with Crippen LogP contribution in [0.2, 0.25) is 35.3 Å². The van der Waals surface area contributed by atoms with Crippen molar-refractivity contribution in [3.63, 3.8) is 0 Å². The van der Waals surface area contributed by atoms with Crippen molar-refractivity contribution in [1.29, 1.82) is 0 Å². The van der Waals surface area contributed by atoms with Crippen molar-refractivity contribution in [3.05, 3.63) is 0 Å². The van der Waals surface area contributed by atoms with Crippen molar-refractivity contribution < 1.29 is 0 Å². The van der Waals surface area contributed by atoms with Gasteiger partial charge in [0.15, 0.2) is 0 Å². The lowest BCUT2D eigenvalue weighted by Gasteiger charge is -2.46. The summed E-state index contributed by atoms with van der Waals surface area (Å²) in [5, 5.41) is 0. The summed E-state index contributed by atoms with van der Waals surface area (Å²) in [5.41, 5.74) is 5.27. The van der Waals surface area contributed by atoms with Crippen molar-refractivity contribution in [3.8, 4) is 0 Å². The van der Waals surface area contributed by atoms with Crippen LogP contribution in [0.25, 0.3) is 0 Å². The summed E-state index contributed by atoms with van der Waals surface area (Å²) in [5.74, 6) is 0. The molecule has 4 fully saturated rings. The number of hydrogen-bond donors (Lipinski definition) is 0. The van der Waals surface area contributed by atoms with Crippen molar-refractivity contribution in [2.75, 3.05) is 0 Å². The van der Waals surface area contributed by atoms with Gasteiger partial charge >= 0.3 is 0 Å². The lowest BCUT2D eigenvalue weighted by Crippen LogP contribution is -2.61. The van der Waals surface area contributed by atoms with Crippen LogP contribution in [0.5, 0.6) is 0 Å². The summed E-state index contributed by atoms with van der Waals surface area (Å²) in [4.78, 5) is 0. The fourth-order valence-electron chi connectivity index (χ4n) is 5.16. The molecule has 0 nitrogen and oxygen atoms in total. The SMILES string of the molecule is C[Si](C1CC1)(C1CC1)[Si](C)(C1CC1)C1CC1. The average molecular weight is 251 g/mol. The van der Waals surface area contributed by atoms with Gasteiger partial charge in [-0.15, -0.1) is 0 Å². The molecular weight excluding hydrogens is 224 g/mol. The quantitative estimate of drug-likeness (QED) is 0.610. The molecule has 4 aliphatic rings. The Balaban J connectivity index is 1.72. The third kappa shape index (κ3) is 1.26. The molecule has 0 unspecified atom stereocenters. The van der Waals surface area contributed by atoms with E-state index in [1.165, 1.54) is 22.2 Å². The summed E-state index contributed by atoms with van der Waals surface area (Å²) in [6.07, 6.45) is 13.2. The first kappa shape index (κ1) is 10.4. The molecule has 0 radical (unpaired) electrons. The van der Waals surface area contributed by atoms with Gasteiger partial charge in [0.05, 0.1) is 15.2 Å². The topological polar surface area (TPSA) is 0 Å². The van der Waals surface area contributed by atoms with E-state index in [0.717, 1.165) is 0 Å². The highest BCUT2D eigenvalue weighted by molar-refractivity contribution is 7.44. The molecule has 0 atom stereocenters. The molecular formula is C14H26Si2. The van der Waals surface area contributed by atoms with E-state index in [4.69, 9.17) is 0 Å². The molecule has 0 spiro atoms. The van der Waals surface area contributed by atoms with E-state index in [1.807, 2.05) is 0 Å². The minimum atomic E-state index is -0.798. The Bertz CT molecular complexity index is 253. The van der Waals surface area contributed by atoms with Gasteiger partial charge in [0.2, 0.25) is 0 Å². The second-order valence-electron chi connectivity index (χ2n) is 7.66. The normalized spacial score (nSPS) is 31.9. The predicted octanol–water partition coefficient (Wildman–Crippen LogP) is 4.88. The second kappa shape index (κ2) is 3.06. The summed E-state index contributed by atoms with van der Waals surface area (Å²) in [6, 6.07) is 0. The highest BCUT2D eigenvalue weighted by atomic mass is 29.3. The van der Waals surface area contributed by atoms with Gasteiger partial charge in [-0.25, -0.2) is 0 Å². The Morgan fingerprint density at radius 2 is 0.688 bits per heavy atom. The van der Waals surface area contributed by atoms with Gasteiger partial charge in [-0.3, -0.25) is 0 Å². The van der Waals surface area contributed by atoms with Crippen molar-refractivity contribution in [2.45, 2.75) is 86.6 Å². The first-order valence-electron chi connectivity index (χ1n) is 7.67. The minimum absolute atomic E-state index is 0.798. The Hall–Kier alpha value is 0.434. The Kier molecular flexibility index (Phi) is 1.98. The van der Waals surface area contributed by atoms with Gasteiger partial charge in [0.25, 0.3) is 0 Å². The maximum absolute atomic E-state index is 2.91. The number of hydrogen-bond acceptors (Lipinski definition) is 0. The molecule has 0 heterocycles. The zero-order valence-electron chi connectivity index (χ0n) is 11.0. The van der Waals surface area contributed by atoms with Gasteiger partial charge in [-0.05, 0) is 22.2 Å². The standard InChI is InChI=1S/C14H26Si2/c1-15(11-3-4-11,12-5-6-12)16(2,13-7-8-13)14-9-10-14/h11-14H,3-10H2,1-2H3. The molecule has 4 aliphatic carbocycles. The van der Waals surface area contributed by atoms with Crippen LogP contribution < -0.4 is 0 Å². The molecule has 16 heavy (non-hydrogen) atoms. The fourth-order valence-corrected chi connectivity index (χ4v) is 29.5. The van der Waals surface area contributed by atoms with Gasteiger partial charge in [-0.1, -0.05) is 64.5 Å². The third-order valence-electron chi connectivity index (χ3n) is 6.86. The van der Waals surface area contributed by atoms with E-state index in [-0.39, 0.29) is 0 Å². The molecule has 4 saturated carbocycles. The summed E-state index contributed by atoms with van der Waals surface area (Å²) in [6.45, 7) is 5.82. The summed E-state index contributed by atoms with van der Waals surface area (Å²) in [7, 11) is -1.60. The van der Waals surface area contributed by atoms with E-state index in [9.17, 15) is 0 Å². The summed E-state index contributed by atoms with van der Waals surface area (Å²) < 4.78 is 0. The van der Waals surface area contributed by atoms with Crippen LogP contribution in [0.1, 0.15) is 51.4 Å². The van der Waals surface area contributed by atoms with Crippen LogP contribution in [0.4, 0.5) is 0 Å². The molecule has 90 valence electrons. The van der Waals surface area contributed by atoms with E-state index in [0.29, 0.717) is 0 Å². The molecule has 0 aromatic carbocycles. The molecule has 2 heteroatoms. The van der Waals surface area contributed by atoms with Crippen LogP contribution >= 0.6 is 0 Å². The van der Waals surface area contributed by atoms with Crippen LogP contribution in [0.3, 0.4) is 0 Å². The lowest BCUT2D eigenvalue weighted by molar-refractivity contribution is 1.16. The van der Waals surface area contributed by atoms with Gasteiger partial charge in [0.1, 0.15) is 0 Å². The summed E-state index contributed by atoms with van der Waals surface area (Å²) >= 11 is 0. The Labute approximate surface area is 102 Å². The molecule has 0 N–H and O–H groups in total. The molecule has 4 rings (SSSR count). The lowest BCUT2D eigenvalue weighted by atomic mass is 10.9. The van der Waals surface area contributed by atoms with Crippen molar-refractivity contribution in [1.82, 2.24) is 0 Å². The molecule has 0 aliphatic heterocycles.